The summed E-state index contributed by atoms with van der Waals surface area (Å²) < 4.78 is 245. The first-order valence-corrected chi connectivity index (χ1v) is 14.1. The Bertz CT molecular complexity index is 889. The van der Waals surface area contributed by atoms with Gasteiger partial charge in [0.1, 0.15) is 0 Å². The topological polar surface area (TPSA) is 37.6 Å². The van der Waals surface area contributed by atoms with Crippen LogP contribution in [0.3, 0.4) is 0 Å². The first-order valence-electron chi connectivity index (χ1n) is 11.3. The third-order valence-electron chi connectivity index (χ3n) is 6.95. The number of epoxide rings is 3. The van der Waals surface area contributed by atoms with E-state index >= 15 is 0 Å². The molecule has 3 heterocycles. The van der Waals surface area contributed by atoms with Gasteiger partial charge in [-0.3, -0.25) is 0 Å². The minimum atomic E-state index is -8.61. The zero-order chi connectivity index (χ0) is 31.0. The number of hydrogen-bond donors (Lipinski definition) is 0. The Morgan fingerprint density at radius 3 is 1.00 bits per heavy atom. The Morgan fingerprint density at radius 2 is 0.725 bits per heavy atom. The SMILES string of the molecule is FC(F)(F)C(F)(F)C(F)(F)C(F)(F)C(F)(F)C(F)(F)C(F)(F)C(F)(F)CC[Si](CC1CO1)(CC1CO1)CC1CO1. The lowest BCUT2D eigenvalue weighted by atomic mass is 9.88. The molecule has 0 N–H and O–H groups in total. The molecule has 0 spiro atoms. The summed E-state index contributed by atoms with van der Waals surface area (Å²) in [6.45, 7) is 0.359. The van der Waals surface area contributed by atoms with Crippen molar-refractivity contribution in [2.75, 3.05) is 19.8 Å². The lowest BCUT2D eigenvalue weighted by Gasteiger charge is -2.43. The van der Waals surface area contributed by atoms with Gasteiger partial charge in [0.2, 0.25) is 0 Å². The monoisotopic (exact) mass is 646 g/mol. The van der Waals surface area contributed by atoms with Gasteiger partial charge in [0, 0.05) is 6.42 Å². The second kappa shape index (κ2) is 9.71. The Kier molecular flexibility index (Phi) is 8.11. The van der Waals surface area contributed by atoms with Gasteiger partial charge in [-0.15, -0.1) is 0 Å². The maximum absolute atomic E-state index is 14.5. The summed E-state index contributed by atoms with van der Waals surface area (Å²) in [5.41, 5.74) is 0. The van der Waals surface area contributed by atoms with Gasteiger partial charge in [0.25, 0.3) is 0 Å². The lowest BCUT2D eigenvalue weighted by Crippen LogP contribution is -2.74. The third kappa shape index (κ3) is 5.51. The van der Waals surface area contributed by atoms with Crippen LogP contribution < -0.4 is 0 Å². The van der Waals surface area contributed by atoms with Crippen molar-refractivity contribution in [3.8, 4) is 0 Å². The maximum atomic E-state index is 14.5. The van der Waals surface area contributed by atoms with Crippen LogP contribution in [0.1, 0.15) is 6.42 Å². The fourth-order valence-electron chi connectivity index (χ4n) is 4.34. The quantitative estimate of drug-likeness (QED) is 0.109. The Hall–Kier alpha value is -1.09. The molecule has 3 unspecified atom stereocenters. The fraction of sp³-hybridized carbons (Fsp3) is 1.00. The third-order valence-corrected chi connectivity index (χ3v) is 12.2. The van der Waals surface area contributed by atoms with Crippen LogP contribution in [-0.2, 0) is 14.2 Å². The van der Waals surface area contributed by atoms with Gasteiger partial charge in [-0.2, -0.15) is 74.6 Å². The van der Waals surface area contributed by atoms with Crippen LogP contribution in [0.5, 0.6) is 0 Å². The van der Waals surface area contributed by atoms with Crippen LogP contribution in [0.4, 0.5) is 74.6 Å². The lowest BCUT2D eigenvalue weighted by molar-refractivity contribution is -0.461. The molecule has 3 saturated heterocycles. The summed E-state index contributed by atoms with van der Waals surface area (Å²) in [6, 6.07) is -1.09. The average Bonchev–Trinajstić information content (AvgIpc) is 3.61. The molecule has 21 heteroatoms. The molecular weight excluding hydrogens is 627 g/mol. The van der Waals surface area contributed by atoms with Crippen LogP contribution >= 0.6 is 0 Å². The summed E-state index contributed by atoms with van der Waals surface area (Å²) in [4.78, 5) is 0. The molecule has 0 aliphatic carbocycles. The first kappa shape index (κ1) is 33.4. The minimum Gasteiger partial charge on any atom is -0.373 e. The van der Waals surface area contributed by atoms with Gasteiger partial charge in [-0.1, -0.05) is 6.04 Å². The number of halogens is 17. The van der Waals surface area contributed by atoms with Crippen molar-refractivity contribution in [2.45, 2.75) is 96.5 Å². The van der Waals surface area contributed by atoms with E-state index in [4.69, 9.17) is 14.2 Å². The second-order valence-electron chi connectivity index (χ2n) is 10.1. The van der Waals surface area contributed by atoms with E-state index < -0.39 is 86.5 Å². The molecule has 0 bridgehead atoms. The van der Waals surface area contributed by atoms with Crippen LogP contribution in [0.2, 0.25) is 24.2 Å². The second-order valence-corrected chi connectivity index (χ2v) is 14.9. The van der Waals surface area contributed by atoms with Crippen LogP contribution in [0, 0.1) is 0 Å². The predicted octanol–water partition coefficient (Wildman–Crippen LogP) is 7.03. The zero-order valence-electron chi connectivity index (χ0n) is 19.5. The maximum Gasteiger partial charge on any atom is 0.460 e. The molecule has 3 aliphatic heterocycles. The standard InChI is InChI=1S/C19H19F17O3Si/c20-12(21,1-2-40(6-9-3-37-9,7-10-4-38-10)8-11-5-39-11)13(22,23)14(24,25)15(26,27)16(28,29)17(30,31)18(32,33)19(34,35)36/h9-11H,1-8H2. The van der Waals surface area contributed by atoms with E-state index in [0.29, 0.717) is 0 Å². The summed E-state index contributed by atoms with van der Waals surface area (Å²) >= 11 is 0. The van der Waals surface area contributed by atoms with E-state index in [1.165, 1.54) is 0 Å². The van der Waals surface area contributed by atoms with E-state index in [2.05, 4.69) is 0 Å². The van der Waals surface area contributed by atoms with Crippen molar-refractivity contribution in [2.24, 2.45) is 0 Å². The van der Waals surface area contributed by atoms with Crippen molar-refractivity contribution in [3.63, 3.8) is 0 Å². The molecule has 40 heavy (non-hydrogen) atoms. The number of rotatable bonds is 15. The minimum absolute atomic E-state index is 0.0161. The van der Waals surface area contributed by atoms with Crippen molar-refractivity contribution < 1.29 is 88.8 Å². The first-order chi connectivity index (χ1) is 17.7. The summed E-state index contributed by atoms with van der Waals surface area (Å²) in [6.07, 6.45) is -11.8. The molecular formula is C19H19F17O3Si. The Labute approximate surface area is 214 Å². The van der Waals surface area contributed by atoms with E-state index in [0.717, 1.165) is 0 Å². The van der Waals surface area contributed by atoms with Crippen molar-refractivity contribution in [3.05, 3.63) is 0 Å². The van der Waals surface area contributed by atoms with Crippen LogP contribution in [0.15, 0.2) is 0 Å². The van der Waals surface area contributed by atoms with E-state index in [9.17, 15) is 74.6 Å². The van der Waals surface area contributed by atoms with Gasteiger partial charge in [0.05, 0.1) is 46.2 Å². The zero-order valence-corrected chi connectivity index (χ0v) is 20.5. The molecule has 3 atom stereocenters. The molecule has 0 saturated carbocycles. The highest BCUT2D eigenvalue weighted by Gasteiger charge is 2.95. The molecule has 0 amide bonds. The smallest absolute Gasteiger partial charge is 0.373 e. The molecule has 3 nitrogen and oxygen atoms in total. The molecule has 0 aromatic heterocycles. The highest BCUT2D eigenvalue weighted by atomic mass is 28.3. The summed E-state index contributed by atoms with van der Waals surface area (Å²) in [5, 5.41) is 0. The van der Waals surface area contributed by atoms with Crippen LogP contribution in [0.25, 0.3) is 0 Å². The predicted molar refractivity (Wildman–Crippen MR) is 99.5 cm³/mol. The molecule has 3 fully saturated rings. The van der Waals surface area contributed by atoms with Gasteiger partial charge in [0.15, 0.2) is 0 Å². The van der Waals surface area contributed by atoms with Gasteiger partial charge in [-0.05, 0) is 18.1 Å². The summed E-state index contributed by atoms with van der Waals surface area (Å²) in [5.74, 6) is -56.1. The van der Waals surface area contributed by atoms with E-state index in [1.807, 2.05) is 0 Å². The largest absolute Gasteiger partial charge is 0.460 e. The molecule has 0 aromatic rings. The highest BCUT2D eigenvalue weighted by molar-refractivity contribution is 6.80. The molecule has 3 rings (SSSR count). The summed E-state index contributed by atoms with van der Waals surface area (Å²) in [7, 11) is -3.32. The average molecular weight is 646 g/mol. The van der Waals surface area contributed by atoms with Gasteiger partial charge >= 0.3 is 47.6 Å². The number of alkyl halides is 17. The Balaban J connectivity index is 1.91. The molecule has 0 aromatic carbocycles. The Morgan fingerprint density at radius 1 is 0.450 bits per heavy atom. The van der Waals surface area contributed by atoms with Crippen LogP contribution in [-0.4, -0.2) is 93.8 Å². The fourth-order valence-corrected chi connectivity index (χ4v) is 9.90. The van der Waals surface area contributed by atoms with Crippen molar-refractivity contribution in [1.29, 1.82) is 0 Å². The number of ether oxygens (including phenoxy) is 3. The molecule has 236 valence electrons. The normalized spacial score (nSPS) is 26.5. The van der Waals surface area contributed by atoms with E-state index in [-0.39, 0.29) is 38.0 Å². The molecule has 0 radical (unpaired) electrons. The molecule has 3 aliphatic rings. The van der Waals surface area contributed by atoms with Crippen molar-refractivity contribution >= 4 is 8.07 Å². The highest BCUT2D eigenvalue weighted by Crippen LogP contribution is 2.64. The van der Waals surface area contributed by atoms with Gasteiger partial charge in [-0.25, -0.2) is 0 Å². The van der Waals surface area contributed by atoms with Gasteiger partial charge < -0.3 is 14.2 Å². The van der Waals surface area contributed by atoms with Crippen molar-refractivity contribution in [1.82, 2.24) is 0 Å². The van der Waals surface area contributed by atoms with E-state index in [1.54, 1.807) is 0 Å². The number of hydrogen-bond acceptors (Lipinski definition) is 3.